The van der Waals surface area contributed by atoms with Crippen LogP contribution in [0.1, 0.15) is 36.2 Å². The Hall–Kier alpha value is -2.97. The molecule has 32 heavy (non-hydrogen) atoms. The molecule has 1 saturated heterocycles. The largest absolute Gasteiger partial charge is 0.348 e. The van der Waals surface area contributed by atoms with E-state index in [0.29, 0.717) is 37.0 Å². The number of aromatic nitrogens is 2. The van der Waals surface area contributed by atoms with Crippen molar-refractivity contribution in [1.29, 1.82) is 0 Å². The minimum absolute atomic E-state index is 0.156. The predicted molar refractivity (Wildman–Crippen MR) is 123 cm³/mol. The molecule has 1 fully saturated rings. The topological polar surface area (TPSA) is 84.3 Å². The molecule has 2 atom stereocenters. The highest BCUT2D eigenvalue weighted by molar-refractivity contribution is 7.89. The summed E-state index contributed by atoms with van der Waals surface area (Å²) in [6.45, 7) is 5.46. The van der Waals surface area contributed by atoms with Crippen LogP contribution in [0.5, 0.6) is 0 Å². The van der Waals surface area contributed by atoms with Gasteiger partial charge in [0.15, 0.2) is 0 Å². The number of carbonyl (C=O) groups excluding carboxylic acids is 1. The Morgan fingerprint density at radius 2 is 1.81 bits per heavy atom. The van der Waals surface area contributed by atoms with Crippen LogP contribution in [-0.4, -0.2) is 41.5 Å². The molecule has 3 aromatic rings. The number of carbonyl (C=O) groups is 1. The monoisotopic (exact) mass is 452 g/mol. The van der Waals surface area contributed by atoms with Gasteiger partial charge in [-0.2, -0.15) is 9.40 Å². The molecular formula is C24H28N4O3S. The molecule has 1 aliphatic rings. The lowest BCUT2D eigenvalue weighted by molar-refractivity contribution is 0.0950. The highest BCUT2D eigenvalue weighted by Gasteiger charge is 2.32. The third-order valence-electron chi connectivity index (χ3n) is 5.75. The lowest BCUT2D eigenvalue weighted by Gasteiger charge is -2.34. The van der Waals surface area contributed by atoms with E-state index in [1.165, 1.54) is 6.07 Å². The molecule has 2 aromatic carbocycles. The molecular weight excluding hydrogens is 424 g/mol. The van der Waals surface area contributed by atoms with E-state index in [1.54, 1.807) is 33.4 Å². The molecule has 4 rings (SSSR count). The molecule has 1 amide bonds. The molecule has 0 spiro atoms. The smallest absolute Gasteiger partial charge is 0.251 e. The number of amides is 1. The van der Waals surface area contributed by atoms with Gasteiger partial charge in [0, 0.05) is 37.6 Å². The van der Waals surface area contributed by atoms with Crippen molar-refractivity contribution in [3.8, 4) is 5.69 Å². The van der Waals surface area contributed by atoms with Crippen LogP contribution in [-0.2, 0) is 16.6 Å². The van der Waals surface area contributed by atoms with Crippen LogP contribution in [0.25, 0.3) is 5.69 Å². The normalized spacial score (nSPS) is 19.6. The first kappa shape index (κ1) is 22.2. The fourth-order valence-electron chi connectivity index (χ4n) is 4.32. The molecule has 0 bridgehead atoms. The van der Waals surface area contributed by atoms with Crippen LogP contribution >= 0.6 is 0 Å². The fraction of sp³-hybridized carbons (Fsp3) is 0.333. The zero-order chi connectivity index (χ0) is 22.7. The van der Waals surface area contributed by atoms with Gasteiger partial charge in [-0.1, -0.05) is 38.1 Å². The Kier molecular flexibility index (Phi) is 6.43. The lowest BCUT2D eigenvalue weighted by atomic mass is 9.94. The summed E-state index contributed by atoms with van der Waals surface area (Å²) < 4.78 is 29.7. The molecule has 1 aromatic heterocycles. The van der Waals surface area contributed by atoms with E-state index in [1.807, 2.05) is 36.5 Å². The van der Waals surface area contributed by atoms with Crippen LogP contribution in [0.4, 0.5) is 0 Å². The maximum absolute atomic E-state index is 13.2. The quantitative estimate of drug-likeness (QED) is 0.621. The van der Waals surface area contributed by atoms with Crippen molar-refractivity contribution in [3.05, 3.63) is 78.1 Å². The molecule has 7 nitrogen and oxygen atoms in total. The van der Waals surface area contributed by atoms with Gasteiger partial charge in [-0.3, -0.25) is 4.79 Å². The predicted octanol–water partition coefficient (Wildman–Crippen LogP) is 3.47. The fourth-order valence-corrected chi connectivity index (χ4v) is 6.05. The zero-order valence-corrected chi connectivity index (χ0v) is 19.1. The van der Waals surface area contributed by atoms with Gasteiger partial charge in [0.25, 0.3) is 5.91 Å². The van der Waals surface area contributed by atoms with E-state index < -0.39 is 10.0 Å². The van der Waals surface area contributed by atoms with Crippen molar-refractivity contribution in [2.45, 2.75) is 31.7 Å². The van der Waals surface area contributed by atoms with Gasteiger partial charge in [-0.15, -0.1) is 0 Å². The first-order valence-corrected chi connectivity index (χ1v) is 12.2. The Balaban J connectivity index is 1.50. The number of para-hydroxylation sites is 1. The highest BCUT2D eigenvalue weighted by Crippen LogP contribution is 2.27. The first-order valence-electron chi connectivity index (χ1n) is 10.8. The van der Waals surface area contributed by atoms with Gasteiger partial charge in [-0.05, 0) is 54.2 Å². The Morgan fingerprint density at radius 3 is 2.53 bits per heavy atom. The number of hydrogen-bond acceptors (Lipinski definition) is 4. The van der Waals surface area contributed by atoms with Gasteiger partial charge < -0.3 is 5.32 Å². The number of sulfonamides is 1. The van der Waals surface area contributed by atoms with Gasteiger partial charge in [0.05, 0.1) is 10.6 Å². The molecule has 2 heterocycles. The lowest BCUT2D eigenvalue weighted by Crippen LogP contribution is -2.42. The summed E-state index contributed by atoms with van der Waals surface area (Å²) in [5, 5.41) is 7.16. The molecule has 8 heteroatoms. The van der Waals surface area contributed by atoms with Crippen molar-refractivity contribution >= 4 is 15.9 Å². The molecule has 168 valence electrons. The second-order valence-electron chi connectivity index (χ2n) is 8.56. The summed E-state index contributed by atoms with van der Waals surface area (Å²) in [5.41, 5.74) is 2.10. The highest BCUT2D eigenvalue weighted by atomic mass is 32.2. The first-order chi connectivity index (χ1) is 15.3. The zero-order valence-electron chi connectivity index (χ0n) is 18.3. The van der Waals surface area contributed by atoms with Gasteiger partial charge in [-0.25, -0.2) is 13.1 Å². The van der Waals surface area contributed by atoms with Gasteiger partial charge in [0.2, 0.25) is 10.0 Å². The average molecular weight is 453 g/mol. The van der Waals surface area contributed by atoms with Crippen LogP contribution < -0.4 is 5.32 Å². The summed E-state index contributed by atoms with van der Waals surface area (Å²) in [5.74, 6) is 0.308. The van der Waals surface area contributed by atoms with Gasteiger partial charge >= 0.3 is 0 Å². The maximum atomic E-state index is 13.2. The number of rotatable bonds is 6. The van der Waals surface area contributed by atoms with E-state index in [2.05, 4.69) is 24.3 Å². The minimum Gasteiger partial charge on any atom is -0.348 e. The van der Waals surface area contributed by atoms with Crippen molar-refractivity contribution in [1.82, 2.24) is 19.4 Å². The van der Waals surface area contributed by atoms with Crippen LogP contribution in [0.3, 0.4) is 0 Å². The maximum Gasteiger partial charge on any atom is 0.251 e. The Bertz CT molecular complexity index is 1180. The summed E-state index contributed by atoms with van der Waals surface area (Å²) in [6, 6.07) is 15.8. The van der Waals surface area contributed by atoms with Crippen molar-refractivity contribution < 1.29 is 13.2 Å². The van der Waals surface area contributed by atoms with Crippen molar-refractivity contribution in [2.75, 3.05) is 13.1 Å². The second-order valence-corrected chi connectivity index (χ2v) is 10.5. The summed E-state index contributed by atoms with van der Waals surface area (Å²) >= 11 is 0. The number of nitrogens with zero attached hydrogens (tertiary/aromatic N) is 3. The SMILES string of the molecule is CC1CC(C)CN(S(=O)(=O)c2cccc(C(=O)NCc3ccccc3-n3cccn3)c2)C1. The van der Waals surface area contributed by atoms with E-state index in [0.717, 1.165) is 17.7 Å². The summed E-state index contributed by atoms with van der Waals surface area (Å²) in [4.78, 5) is 13.0. The van der Waals surface area contributed by atoms with Crippen molar-refractivity contribution in [3.63, 3.8) is 0 Å². The Labute approximate surface area is 189 Å². The summed E-state index contributed by atoms with van der Waals surface area (Å²) in [7, 11) is -3.65. The molecule has 0 saturated carbocycles. The van der Waals surface area contributed by atoms with Crippen LogP contribution in [0.15, 0.2) is 71.9 Å². The van der Waals surface area contributed by atoms with E-state index in [9.17, 15) is 13.2 Å². The number of piperidine rings is 1. The molecule has 0 radical (unpaired) electrons. The third-order valence-corrected chi connectivity index (χ3v) is 7.58. The number of hydrogen-bond donors (Lipinski definition) is 1. The third kappa shape index (κ3) is 4.76. The second kappa shape index (κ2) is 9.26. The molecule has 0 aliphatic carbocycles. The molecule has 1 N–H and O–H groups in total. The Morgan fingerprint density at radius 1 is 1.06 bits per heavy atom. The average Bonchev–Trinajstić information content (AvgIpc) is 3.32. The van der Waals surface area contributed by atoms with Gasteiger partial charge in [0.1, 0.15) is 0 Å². The van der Waals surface area contributed by atoms with Crippen molar-refractivity contribution in [2.24, 2.45) is 11.8 Å². The number of nitrogens with one attached hydrogen (secondary N) is 1. The minimum atomic E-state index is -3.65. The summed E-state index contributed by atoms with van der Waals surface area (Å²) in [6.07, 6.45) is 4.57. The number of benzene rings is 2. The van der Waals surface area contributed by atoms with Crippen LogP contribution in [0.2, 0.25) is 0 Å². The van der Waals surface area contributed by atoms with E-state index in [-0.39, 0.29) is 10.8 Å². The van der Waals surface area contributed by atoms with E-state index in [4.69, 9.17) is 0 Å². The molecule has 1 aliphatic heterocycles. The standard InChI is InChI=1S/C24H28N4O3S/c1-18-13-19(2)17-27(16-18)32(30,31)22-9-5-8-20(14-22)24(29)25-15-21-7-3-4-10-23(21)28-12-6-11-26-28/h3-12,14,18-19H,13,15-17H2,1-2H3,(H,25,29). The molecule has 2 unspecified atom stereocenters. The van der Waals surface area contributed by atoms with Crippen LogP contribution in [0, 0.1) is 11.8 Å². The van der Waals surface area contributed by atoms with E-state index >= 15 is 0 Å².